The predicted molar refractivity (Wildman–Crippen MR) is 81.6 cm³/mol. The van der Waals surface area contributed by atoms with Gasteiger partial charge in [-0.05, 0) is 31.0 Å². The van der Waals surface area contributed by atoms with Gasteiger partial charge in [-0.2, -0.15) is 4.31 Å². The fourth-order valence-corrected chi connectivity index (χ4v) is 4.24. The van der Waals surface area contributed by atoms with Gasteiger partial charge in [-0.15, -0.1) is 0 Å². The molecule has 0 saturated carbocycles. The van der Waals surface area contributed by atoms with Gasteiger partial charge in [0.15, 0.2) is 0 Å². The molecule has 122 valence electrons. The topological polar surface area (TPSA) is 57.7 Å². The second-order valence-corrected chi connectivity index (χ2v) is 7.83. The lowest BCUT2D eigenvalue weighted by Gasteiger charge is -2.31. The molecule has 0 atom stereocenters. The van der Waals surface area contributed by atoms with Crippen molar-refractivity contribution in [2.75, 3.05) is 27.2 Å². The third kappa shape index (κ3) is 3.42. The molecule has 0 aliphatic carbocycles. The van der Waals surface area contributed by atoms with Crippen molar-refractivity contribution in [1.82, 2.24) is 9.21 Å². The van der Waals surface area contributed by atoms with Crippen LogP contribution in [0.25, 0.3) is 0 Å². The van der Waals surface area contributed by atoms with Crippen LogP contribution in [0, 0.1) is 11.7 Å². The van der Waals surface area contributed by atoms with Gasteiger partial charge < -0.3 is 4.90 Å². The van der Waals surface area contributed by atoms with Crippen molar-refractivity contribution < 1.29 is 17.6 Å². The maximum Gasteiger partial charge on any atom is 0.243 e. The van der Waals surface area contributed by atoms with Crippen LogP contribution >= 0.6 is 11.6 Å². The van der Waals surface area contributed by atoms with Gasteiger partial charge >= 0.3 is 0 Å². The highest BCUT2D eigenvalue weighted by molar-refractivity contribution is 7.89. The van der Waals surface area contributed by atoms with Gasteiger partial charge in [0.2, 0.25) is 15.9 Å². The van der Waals surface area contributed by atoms with Crippen LogP contribution in [0.1, 0.15) is 12.8 Å². The summed E-state index contributed by atoms with van der Waals surface area (Å²) in [5.74, 6) is -0.795. The first-order chi connectivity index (χ1) is 10.2. The van der Waals surface area contributed by atoms with Crippen molar-refractivity contribution in [1.29, 1.82) is 0 Å². The Morgan fingerprint density at radius 1 is 1.32 bits per heavy atom. The molecule has 0 radical (unpaired) electrons. The largest absolute Gasteiger partial charge is 0.349 e. The van der Waals surface area contributed by atoms with E-state index in [9.17, 15) is 17.6 Å². The third-order valence-electron chi connectivity index (χ3n) is 3.77. The number of hydrogen-bond acceptors (Lipinski definition) is 3. The summed E-state index contributed by atoms with van der Waals surface area (Å²) < 4.78 is 39.5. The minimum absolute atomic E-state index is 0.0156. The van der Waals surface area contributed by atoms with E-state index in [-0.39, 0.29) is 34.8 Å². The normalized spacial score (nSPS) is 17.5. The summed E-state index contributed by atoms with van der Waals surface area (Å²) in [4.78, 5) is 13.4. The van der Waals surface area contributed by atoms with Crippen LogP contribution in [0.3, 0.4) is 0 Å². The Bertz CT molecular complexity index is 671. The number of amides is 1. The van der Waals surface area contributed by atoms with Crippen LogP contribution in [-0.4, -0.2) is 50.7 Å². The summed E-state index contributed by atoms with van der Waals surface area (Å²) in [5.41, 5.74) is 0. The van der Waals surface area contributed by atoms with E-state index in [1.54, 1.807) is 14.1 Å². The molecule has 0 unspecified atom stereocenters. The molecule has 0 bridgehead atoms. The minimum Gasteiger partial charge on any atom is -0.349 e. The zero-order valence-corrected chi connectivity index (χ0v) is 14.0. The maximum absolute atomic E-state index is 13.2. The highest BCUT2D eigenvalue weighted by Crippen LogP contribution is 2.26. The first kappa shape index (κ1) is 17.2. The predicted octanol–water partition coefficient (Wildman–Crippen LogP) is 1.97. The summed E-state index contributed by atoms with van der Waals surface area (Å²) in [6.07, 6.45) is 0.955. The van der Waals surface area contributed by atoms with Crippen molar-refractivity contribution in [2.45, 2.75) is 17.7 Å². The van der Waals surface area contributed by atoms with Crippen LogP contribution < -0.4 is 0 Å². The Balaban J connectivity index is 2.12. The second kappa shape index (κ2) is 6.52. The van der Waals surface area contributed by atoms with E-state index >= 15 is 0 Å². The summed E-state index contributed by atoms with van der Waals surface area (Å²) >= 11 is 5.65. The van der Waals surface area contributed by atoms with E-state index in [0.717, 1.165) is 12.1 Å². The van der Waals surface area contributed by atoms with E-state index < -0.39 is 15.8 Å². The Kier molecular flexibility index (Phi) is 5.09. The molecule has 8 heteroatoms. The smallest absolute Gasteiger partial charge is 0.243 e. The van der Waals surface area contributed by atoms with Crippen LogP contribution in [0.4, 0.5) is 4.39 Å². The molecule has 1 aromatic carbocycles. The number of benzene rings is 1. The Morgan fingerprint density at radius 2 is 1.91 bits per heavy atom. The lowest BCUT2D eigenvalue weighted by molar-refractivity contribution is -0.134. The summed E-state index contributed by atoms with van der Waals surface area (Å²) in [7, 11) is -0.340. The average Bonchev–Trinajstić information content (AvgIpc) is 2.49. The zero-order chi connectivity index (χ0) is 16.5. The number of rotatable bonds is 3. The lowest BCUT2D eigenvalue weighted by atomic mass is 9.97. The molecule has 0 aromatic heterocycles. The molecule has 0 spiro atoms. The van der Waals surface area contributed by atoms with Crippen LogP contribution in [0.15, 0.2) is 23.1 Å². The molecule has 2 rings (SSSR count). The molecular formula is C14H18ClFN2O3S. The van der Waals surface area contributed by atoms with E-state index in [1.807, 2.05) is 0 Å². The molecule has 1 aliphatic rings. The Labute approximate surface area is 134 Å². The number of carbonyl (C=O) groups excluding carboxylic acids is 1. The van der Waals surface area contributed by atoms with Gasteiger partial charge in [0.05, 0.1) is 9.92 Å². The van der Waals surface area contributed by atoms with Crippen molar-refractivity contribution >= 4 is 27.5 Å². The molecule has 1 aromatic rings. The van der Waals surface area contributed by atoms with Crippen LogP contribution in [0.5, 0.6) is 0 Å². The molecule has 1 aliphatic heterocycles. The van der Waals surface area contributed by atoms with Gasteiger partial charge in [-0.3, -0.25) is 4.79 Å². The molecule has 5 nitrogen and oxygen atoms in total. The van der Waals surface area contributed by atoms with Crippen molar-refractivity contribution in [3.8, 4) is 0 Å². The SMILES string of the molecule is CN(C)C(=O)C1CCN(S(=O)(=O)c2ccc(F)c(Cl)c2)CC1. The van der Waals surface area contributed by atoms with E-state index in [4.69, 9.17) is 11.6 Å². The maximum atomic E-state index is 13.2. The number of halogens is 2. The van der Waals surface area contributed by atoms with Crippen LogP contribution in [0.2, 0.25) is 5.02 Å². The number of nitrogens with zero attached hydrogens (tertiary/aromatic N) is 2. The molecule has 22 heavy (non-hydrogen) atoms. The molecule has 1 amide bonds. The number of sulfonamides is 1. The quantitative estimate of drug-likeness (QED) is 0.839. The third-order valence-corrected chi connectivity index (χ3v) is 5.96. The monoisotopic (exact) mass is 348 g/mol. The van der Waals surface area contributed by atoms with Crippen molar-refractivity contribution in [3.05, 3.63) is 29.0 Å². The standard InChI is InChI=1S/C14H18ClFN2O3S/c1-17(2)14(19)10-5-7-18(8-6-10)22(20,21)11-3-4-13(16)12(15)9-11/h3-4,9-10H,5-8H2,1-2H3. The first-order valence-electron chi connectivity index (χ1n) is 6.90. The van der Waals surface area contributed by atoms with E-state index in [2.05, 4.69) is 0 Å². The summed E-state index contributed by atoms with van der Waals surface area (Å²) in [5, 5.41) is -0.223. The zero-order valence-electron chi connectivity index (χ0n) is 12.4. The van der Waals surface area contributed by atoms with E-state index in [0.29, 0.717) is 12.8 Å². The number of piperidine rings is 1. The highest BCUT2D eigenvalue weighted by atomic mass is 35.5. The summed E-state index contributed by atoms with van der Waals surface area (Å²) in [6.45, 7) is 0.531. The number of carbonyl (C=O) groups is 1. The van der Waals surface area contributed by atoms with Gasteiger partial charge in [0, 0.05) is 33.1 Å². The molecule has 1 heterocycles. The Hall–Kier alpha value is -1.18. The first-order valence-corrected chi connectivity index (χ1v) is 8.71. The fraction of sp³-hybridized carbons (Fsp3) is 0.500. The lowest BCUT2D eigenvalue weighted by Crippen LogP contribution is -2.42. The van der Waals surface area contributed by atoms with Crippen molar-refractivity contribution in [2.24, 2.45) is 5.92 Å². The molecule has 0 N–H and O–H groups in total. The molecule has 1 saturated heterocycles. The van der Waals surface area contributed by atoms with Gasteiger partial charge in [0.1, 0.15) is 5.82 Å². The molecular weight excluding hydrogens is 331 g/mol. The Morgan fingerprint density at radius 3 is 2.41 bits per heavy atom. The van der Waals surface area contributed by atoms with E-state index in [1.165, 1.54) is 15.3 Å². The minimum atomic E-state index is -3.71. The average molecular weight is 349 g/mol. The second-order valence-electron chi connectivity index (χ2n) is 5.49. The molecule has 1 fully saturated rings. The van der Waals surface area contributed by atoms with Crippen LogP contribution in [-0.2, 0) is 14.8 Å². The summed E-state index contributed by atoms with van der Waals surface area (Å²) in [6, 6.07) is 3.36. The van der Waals surface area contributed by atoms with Gasteiger partial charge in [0.25, 0.3) is 0 Å². The fourth-order valence-electron chi connectivity index (χ4n) is 2.49. The van der Waals surface area contributed by atoms with Gasteiger partial charge in [-0.25, -0.2) is 12.8 Å². The highest BCUT2D eigenvalue weighted by Gasteiger charge is 2.32. The number of hydrogen-bond donors (Lipinski definition) is 0. The van der Waals surface area contributed by atoms with Crippen molar-refractivity contribution in [3.63, 3.8) is 0 Å². The van der Waals surface area contributed by atoms with Gasteiger partial charge in [-0.1, -0.05) is 11.6 Å².